The number of halogens is 1. The second-order valence-electron chi connectivity index (χ2n) is 6.70. The predicted molar refractivity (Wildman–Crippen MR) is 115 cm³/mol. The summed E-state index contributed by atoms with van der Waals surface area (Å²) in [5, 5.41) is 6.59. The number of hydrogen-bond donors (Lipinski definition) is 1. The largest absolute Gasteiger partial charge is 0.481 e. The SMILES string of the molecule is Cc1ccc(O[C@@H](C)C(=O)NCCc2csc(-c3ccc(Cl)cc3)n2)cc1C. The highest BCUT2D eigenvalue weighted by Gasteiger charge is 2.14. The minimum atomic E-state index is -0.554. The number of carbonyl (C=O) groups excluding carboxylic acids is 1. The Morgan fingerprint density at radius 3 is 2.64 bits per heavy atom. The minimum absolute atomic E-state index is 0.133. The van der Waals surface area contributed by atoms with Crippen LogP contribution in [-0.4, -0.2) is 23.5 Å². The van der Waals surface area contributed by atoms with Gasteiger partial charge in [0.1, 0.15) is 10.8 Å². The van der Waals surface area contributed by atoms with Crippen LogP contribution in [0.3, 0.4) is 0 Å². The summed E-state index contributed by atoms with van der Waals surface area (Å²) in [7, 11) is 0. The highest BCUT2D eigenvalue weighted by atomic mass is 35.5. The van der Waals surface area contributed by atoms with E-state index in [0.29, 0.717) is 23.7 Å². The normalized spacial score (nSPS) is 11.9. The molecule has 1 N–H and O–H groups in total. The Balaban J connectivity index is 1.48. The lowest BCUT2D eigenvalue weighted by Crippen LogP contribution is -2.37. The molecule has 3 rings (SSSR count). The van der Waals surface area contributed by atoms with Gasteiger partial charge in [0.15, 0.2) is 6.10 Å². The van der Waals surface area contributed by atoms with Crippen molar-refractivity contribution >= 4 is 28.8 Å². The first kappa shape index (κ1) is 20.4. The van der Waals surface area contributed by atoms with Gasteiger partial charge in [-0.1, -0.05) is 29.8 Å². The molecule has 0 fully saturated rings. The van der Waals surface area contributed by atoms with Crippen LogP contribution in [0.5, 0.6) is 5.75 Å². The van der Waals surface area contributed by atoms with Gasteiger partial charge in [-0.05, 0) is 56.2 Å². The molecule has 1 heterocycles. The van der Waals surface area contributed by atoms with Gasteiger partial charge in [0.05, 0.1) is 5.69 Å². The zero-order valence-corrected chi connectivity index (χ0v) is 17.7. The summed E-state index contributed by atoms with van der Waals surface area (Å²) >= 11 is 7.51. The predicted octanol–water partition coefficient (Wildman–Crippen LogP) is 5.21. The number of carbonyl (C=O) groups is 1. The molecule has 3 aromatic rings. The number of aromatic nitrogens is 1. The van der Waals surface area contributed by atoms with Crippen molar-refractivity contribution in [3.05, 3.63) is 69.7 Å². The molecule has 1 atom stereocenters. The number of thiazole rings is 1. The summed E-state index contributed by atoms with van der Waals surface area (Å²) < 4.78 is 5.75. The average molecular weight is 415 g/mol. The highest BCUT2D eigenvalue weighted by Crippen LogP contribution is 2.25. The Morgan fingerprint density at radius 1 is 1.18 bits per heavy atom. The standard InChI is InChI=1S/C22H23ClN2O2S/c1-14-4-9-20(12-15(14)2)27-16(3)21(26)24-11-10-19-13-28-22(25-19)17-5-7-18(23)8-6-17/h4-9,12-13,16H,10-11H2,1-3H3,(H,24,26)/t16-/m0/s1. The van der Waals surface area contributed by atoms with Crippen LogP contribution in [0.15, 0.2) is 47.8 Å². The third kappa shape index (κ3) is 5.33. The summed E-state index contributed by atoms with van der Waals surface area (Å²) in [6.07, 6.45) is 0.119. The molecule has 0 aliphatic rings. The molecule has 2 aromatic carbocycles. The summed E-state index contributed by atoms with van der Waals surface area (Å²) in [6.45, 7) is 6.35. The van der Waals surface area contributed by atoms with E-state index in [1.807, 2.05) is 61.7 Å². The van der Waals surface area contributed by atoms with E-state index in [4.69, 9.17) is 16.3 Å². The van der Waals surface area contributed by atoms with Crippen molar-refractivity contribution in [3.8, 4) is 16.3 Å². The molecule has 0 aliphatic heterocycles. The van der Waals surface area contributed by atoms with Gasteiger partial charge >= 0.3 is 0 Å². The van der Waals surface area contributed by atoms with Gasteiger partial charge in [-0.3, -0.25) is 4.79 Å². The molecule has 0 aliphatic carbocycles. The number of aryl methyl sites for hydroxylation is 2. The van der Waals surface area contributed by atoms with Crippen molar-refractivity contribution in [3.63, 3.8) is 0 Å². The zero-order valence-electron chi connectivity index (χ0n) is 16.2. The Bertz CT molecular complexity index is 953. The maximum atomic E-state index is 12.3. The van der Waals surface area contributed by atoms with E-state index in [9.17, 15) is 4.79 Å². The molecule has 146 valence electrons. The van der Waals surface area contributed by atoms with Crippen LogP contribution >= 0.6 is 22.9 Å². The molecular weight excluding hydrogens is 392 g/mol. The molecule has 0 saturated carbocycles. The van der Waals surface area contributed by atoms with Gasteiger partial charge in [0.2, 0.25) is 0 Å². The molecule has 0 radical (unpaired) electrons. The van der Waals surface area contributed by atoms with E-state index in [-0.39, 0.29) is 5.91 Å². The number of hydrogen-bond acceptors (Lipinski definition) is 4. The molecule has 6 heteroatoms. The van der Waals surface area contributed by atoms with Crippen LogP contribution in [0, 0.1) is 13.8 Å². The third-order valence-electron chi connectivity index (χ3n) is 4.48. The molecule has 0 bridgehead atoms. The Morgan fingerprint density at radius 2 is 1.93 bits per heavy atom. The van der Waals surface area contributed by atoms with Crippen LogP contribution in [0.4, 0.5) is 0 Å². The number of rotatable bonds is 7. The fourth-order valence-electron chi connectivity index (χ4n) is 2.65. The molecular formula is C22H23ClN2O2S. The van der Waals surface area contributed by atoms with Crippen LogP contribution < -0.4 is 10.1 Å². The van der Waals surface area contributed by atoms with Crippen LogP contribution in [0.1, 0.15) is 23.7 Å². The van der Waals surface area contributed by atoms with Crippen molar-refractivity contribution in [2.24, 2.45) is 0 Å². The fourth-order valence-corrected chi connectivity index (χ4v) is 3.64. The quantitative estimate of drug-likeness (QED) is 0.577. The molecule has 0 spiro atoms. The number of ether oxygens (including phenoxy) is 1. The molecule has 0 unspecified atom stereocenters. The maximum Gasteiger partial charge on any atom is 0.260 e. The van der Waals surface area contributed by atoms with Crippen molar-refractivity contribution < 1.29 is 9.53 Å². The number of nitrogens with one attached hydrogen (secondary N) is 1. The smallest absolute Gasteiger partial charge is 0.260 e. The van der Waals surface area contributed by atoms with E-state index >= 15 is 0 Å². The van der Waals surface area contributed by atoms with Gasteiger partial charge in [-0.2, -0.15) is 0 Å². The monoisotopic (exact) mass is 414 g/mol. The van der Waals surface area contributed by atoms with Gasteiger partial charge in [0, 0.05) is 28.9 Å². The van der Waals surface area contributed by atoms with Crippen molar-refractivity contribution in [1.29, 1.82) is 0 Å². The van der Waals surface area contributed by atoms with Gasteiger partial charge in [-0.15, -0.1) is 11.3 Å². The van der Waals surface area contributed by atoms with Gasteiger partial charge in [-0.25, -0.2) is 4.98 Å². The number of amides is 1. The summed E-state index contributed by atoms with van der Waals surface area (Å²) in [6, 6.07) is 13.5. The first-order valence-electron chi connectivity index (χ1n) is 9.14. The van der Waals surface area contributed by atoms with Crippen molar-refractivity contribution in [2.75, 3.05) is 6.54 Å². The molecule has 1 amide bonds. The molecule has 0 saturated heterocycles. The zero-order chi connectivity index (χ0) is 20.1. The second kappa shape index (κ2) is 9.22. The van der Waals surface area contributed by atoms with Crippen LogP contribution in [0.25, 0.3) is 10.6 Å². The Labute approximate surface area is 174 Å². The fraction of sp³-hybridized carbons (Fsp3) is 0.273. The van der Waals surface area contributed by atoms with Crippen molar-refractivity contribution in [2.45, 2.75) is 33.3 Å². The molecule has 4 nitrogen and oxygen atoms in total. The lowest BCUT2D eigenvalue weighted by atomic mass is 10.1. The maximum absolute atomic E-state index is 12.3. The summed E-state index contributed by atoms with van der Waals surface area (Å²) in [5.74, 6) is 0.573. The second-order valence-corrected chi connectivity index (χ2v) is 7.99. The van der Waals surface area contributed by atoms with Crippen molar-refractivity contribution in [1.82, 2.24) is 10.3 Å². The molecule has 28 heavy (non-hydrogen) atoms. The topological polar surface area (TPSA) is 51.2 Å². The first-order valence-corrected chi connectivity index (χ1v) is 10.4. The Hall–Kier alpha value is -2.37. The average Bonchev–Trinajstić information content (AvgIpc) is 3.14. The summed E-state index contributed by atoms with van der Waals surface area (Å²) in [4.78, 5) is 16.9. The van der Waals surface area contributed by atoms with E-state index in [2.05, 4.69) is 10.3 Å². The summed E-state index contributed by atoms with van der Waals surface area (Å²) in [5.41, 5.74) is 4.34. The van der Waals surface area contributed by atoms with Gasteiger partial charge in [0.25, 0.3) is 5.91 Å². The van der Waals surface area contributed by atoms with E-state index in [1.165, 1.54) is 5.56 Å². The van der Waals surface area contributed by atoms with E-state index in [0.717, 1.165) is 21.8 Å². The molecule has 1 aromatic heterocycles. The highest BCUT2D eigenvalue weighted by molar-refractivity contribution is 7.13. The van der Waals surface area contributed by atoms with Gasteiger partial charge < -0.3 is 10.1 Å². The van der Waals surface area contributed by atoms with E-state index in [1.54, 1.807) is 18.3 Å². The van der Waals surface area contributed by atoms with E-state index < -0.39 is 6.10 Å². The lowest BCUT2D eigenvalue weighted by Gasteiger charge is -2.15. The number of benzene rings is 2. The minimum Gasteiger partial charge on any atom is -0.481 e. The lowest BCUT2D eigenvalue weighted by molar-refractivity contribution is -0.127. The van der Waals surface area contributed by atoms with Crippen LogP contribution in [0.2, 0.25) is 5.02 Å². The Kier molecular flexibility index (Phi) is 6.70. The first-order chi connectivity index (χ1) is 13.4. The third-order valence-corrected chi connectivity index (χ3v) is 5.68. The van der Waals surface area contributed by atoms with Crippen LogP contribution in [-0.2, 0) is 11.2 Å². The number of nitrogens with zero attached hydrogens (tertiary/aromatic N) is 1.